The summed E-state index contributed by atoms with van der Waals surface area (Å²) in [6.45, 7) is 0.971. The van der Waals surface area contributed by atoms with Crippen molar-refractivity contribution in [2.75, 3.05) is 0 Å². The van der Waals surface area contributed by atoms with Crippen molar-refractivity contribution in [3.63, 3.8) is 0 Å². The fourth-order valence-electron chi connectivity index (χ4n) is 4.39. The van der Waals surface area contributed by atoms with Gasteiger partial charge < -0.3 is 19.3 Å². The molecule has 35 heavy (non-hydrogen) atoms. The summed E-state index contributed by atoms with van der Waals surface area (Å²) in [5.41, 5.74) is 12.3. The van der Waals surface area contributed by atoms with E-state index >= 15 is 0 Å². The lowest BCUT2D eigenvalue weighted by atomic mass is 10.0. The molecule has 0 amide bonds. The Labute approximate surface area is 205 Å². The predicted octanol–water partition coefficient (Wildman–Crippen LogP) is 5.58. The van der Waals surface area contributed by atoms with Crippen LogP contribution >= 0.6 is 0 Å². The molecule has 0 aliphatic heterocycles. The van der Waals surface area contributed by atoms with E-state index in [2.05, 4.69) is 10.0 Å². The first-order chi connectivity index (χ1) is 17.2. The molecule has 3 aromatic rings. The van der Waals surface area contributed by atoms with Gasteiger partial charge in [-0.05, 0) is 35.1 Å². The van der Waals surface area contributed by atoms with E-state index in [1.165, 1.54) is 0 Å². The van der Waals surface area contributed by atoms with Crippen molar-refractivity contribution in [3.8, 4) is 0 Å². The average molecular weight is 474 g/mol. The normalized spacial score (nSPS) is 24.3. The highest BCUT2D eigenvalue weighted by atomic mass is 16.6. The van der Waals surface area contributed by atoms with E-state index in [1.807, 2.05) is 91.0 Å². The van der Waals surface area contributed by atoms with Gasteiger partial charge in [0, 0.05) is 4.91 Å². The summed E-state index contributed by atoms with van der Waals surface area (Å²) in [7, 11) is 0. The van der Waals surface area contributed by atoms with E-state index in [4.69, 9.17) is 14.2 Å². The van der Waals surface area contributed by atoms with Crippen molar-refractivity contribution in [1.29, 1.82) is 0 Å². The van der Waals surface area contributed by atoms with Crippen molar-refractivity contribution in [2.24, 2.45) is 5.11 Å². The lowest BCUT2D eigenvalue weighted by Gasteiger charge is -2.35. The number of rotatable bonds is 10. The van der Waals surface area contributed by atoms with Crippen LogP contribution in [-0.2, 0) is 34.0 Å². The number of azide groups is 1. The Hall–Kier alpha value is -3.19. The molecule has 0 bridgehead atoms. The van der Waals surface area contributed by atoms with E-state index in [-0.39, 0.29) is 0 Å². The Morgan fingerprint density at radius 2 is 1.09 bits per heavy atom. The van der Waals surface area contributed by atoms with Gasteiger partial charge in [-0.2, -0.15) is 0 Å². The topological polar surface area (TPSA) is 96.7 Å². The molecule has 7 nitrogen and oxygen atoms in total. The zero-order chi connectivity index (χ0) is 24.3. The van der Waals surface area contributed by atoms with E-state index in [1.54, 1.807) is 0 Å². The van der Waals surface area contributed by atoms with Crippen LogP contribution in [0.5, 0.6) is 0 Å². The summed E-state index contributed by atoms with van der Waals surface area (Å²) < 4.78 is 19.1. The molecule has 3 aromatic carbocycles. The maximum absolute atomic E-state index is 11.1. The molecule has 1 aliphatic carbocycles. The van der Waals surface area contributed by atoms with Crippen LogP contribution in [0.1, 0.15) is 29.5 Å². The minimum Gasteiger partial charge on any atom is -0.390 e. The minimum absolute atomic E-state index is 0.317. The van der Waals surface area contributed by atoms with Crippen LogP contribution in [0.4, 0.5) is 0 Å². The van der Waals surface area contributed by atoms with Gasteiger partial charge in [0.05, 0.1) is 38.1 Å². The molecule has 1 saturated carbocycles. The molecule has 7 heteroatoms. The van der Waals surface area contributed by atoms with Gasteiger partial charge in [0.25, 0.3) is 0 Å². The summed E-state index contributed by atoms with van der Waals surface area (Å²) >= 11 is 0. The molecular formula is C28H31N3O4. The molecule has 0 radical (unpaired) electrons. The van der Waals surface area contributed by atoms with Gasteiger partial charge in [0.1, 0.15) is 12.2 Å². The second-order valence-electron chi connectivity index (χ2n) is 8.70. The second-order valence-corrected chi connectivity index (χ2v) is 8.70. The van der Waals surface area contributed by atoms with Gasteiger partial charge in [0.2, 0.25) is 0 Å². The van der Waals surface area contributed by atoms with E-state index in [0.29, 0.717) is 32.7 Å². The highest BCUT2D eigenvalue weighted by molar-refractivity contribution is 5.15. The molecule has 1 N–H and O–H groups in total. The number of ether oxygens (including phenoxy) is 3. The molecule has 0 saturated heterocycles. The van der Waals surface area contributed by atoms with Gasteiger partial charge in [0.15, 0.2) is 0 Å². The third kappa shape index (κ3) is 7.15. The summed E-state index contributed by atoms with van der Waals surface area (Å²) in [6, 6.07) is 29.0. The zero-order valence-electron chi connectivity index (χ0n) is 19.6. The smallest absolute Gasteiger partial charge is 0.113 e. The van der Waals surface area contributed by atoms with Crippen LogP contribution in [0.25, 0.3) is 10.4 Å². The largest absolute Gasteiger partial charge is 0.390 e. The third-order valence-electron chi connectivity index (χ3n) is 6.22. The third-order valence-corrected chi connectivity index (χ3v) is 6.22. The SMILES string of the molecule is [N-]=[N+]=N[C@@H]1CC[C@@H](O)[C@@H](OCc2ccccc2)[C@H](OCc2ccccc2)[C@H]1OCc1ccccc1. The van der Waals surface area contributed by atoms with Crippen LogP contribution in [-0.4, -0.2) is 35.6 Å². The number of benzene rings is 3. The highest BCUT2D eigenvalue weighted by Gasteiger charge is 2.43. The van der Waals surface area contributed by atoms with Crippen molar-refractivity contribution >= 4 is 0 Å². The monoisotopic (exact) mass is 473 g/mol. The van der Waals surface area contributed by atoms with Crippen molar-refractivity contribution < 1.29 is 19.3 Å². The number of aliphatic hydroxyl groups is 1. The Morgan fingerprint density at radius 3 is 1.54 bits per heavy atom. The van der Waals surface area contributed by atoms with Crippen molar-refractivity contribution in [2.45, 2.75) is 63.1 Å². The number of nitrogens with zero attached hydrogens (tertiary/aromatic N) is 3. The molecule has 0 heterocycles. The Morgan fingerprint density at radius 1 is 0.657 bits per heavy atom. The molecule has 4 rings (SSSR count). The highest BCUT2D eigenvalue weighted by Crippen LogP contribution is 2.30. The van der Waals surface area contributed by atoms with Crippen molar-refractivity contribution in [3.05, 3.63) is 118 Å². The molecule has 1 aliphatic rings. The Balaban J connectivity index is 1.60. The van der Waals surface area contributed by atoms with Gasteiger partial charge in [-0.3, -0.25) is 0 Å². The summed E-state index contributed by atoms with van der Waals surface area (Å²) in [5, 5.41) is 15.1. The Bertz CT molecular complexity index is 1060. The summed E-state index contributed by atoms with van der Waals surface area (Å²) in [5.74, 6) is 0. The van der Waals surface area contributed by atoms with Gasteiger partial charge >= 0.3 is 0 Å². The molecule has 0 unspecified atom stereocenters. The molecule has 0 spiro atoms. The van der Waals surface area contributed by atoms with Crippen LogP contribution < -0.4 is 0 Å². The zero-order valence-corrected chi connectivity index (χ0v) is 19.6. The van der Waals surface area contributed by atoms with Crippen LogP contribution in [0.2, 0.25) is 0 Å². The molecule has 1 fully saturated rings. The first kappa shape index (κ1) is 24.9. The van der Waals surface area contributed by atoms with Gasteiger partial charge in [-0.25, -0.2) is 0 Å². The maximum Gasteiger partial charge on any atom is 0.113 e. The number of hydrogen-bond acceptors (Lipinski definition) is 5. The fourth-order valence-corrected chi connectivity index (χ4v) is 4.39. The van der Waals surface area contributed by atoms with Gasteiger partial charge in [-0.15, -0.1) is 0 Å². The summed E-state index contributed by atoms with van der Waals surface area (Å²) in [4.78, 5) is 3.07. The Kier molecular flexibility index (Phi) is 9.29. The minimum atomic E-state index is -0.791. The van der Waals surface area contributed by atoms with Crippen LogP contribution in [0.15, 0.2) is 96.1 Å². The maximum atomic E-state index is 11.1. The van der Waals surface area contributed by atoms with E-state index < -0.39 is 30.5 Å². The molecule has 182 valence electrons. The number of hydrogen-bond donors (Lipinski definition) is 1. The standard InChI is InChI=1S/C28H31N3O4/c29-31-30-24-16-17-25(32)27(34-19-22-12-6-2-7-13-22)28(35-20-23-14-8-3-9-15-23)26(24)33-18-21-10-4-1-5-11-21/h1-15,24-28,32H,16-20H2/t24-,25-,26+,27-,28-/m1/s1. The lowest BCUT2D eigenvalue weighted by Crippen LogP contribution is -2.49. The van der Waals surface area contributed by atoms with Crippen LogP contribution in [0, 0.1) is 0 Å². The first-order valence-corrected chi connectivity index (χ1v) is 11.9. The molecular weight excluding hydrogens is 442 g/mol. The van der Waals surface area contributed by atoms with Crippen LogP contribution in [0.3, 0.4) is 0 Å². The van der Waals surface area contributed by atoms with E-state index in [0.717, 1.165) is 16.7 Å². The van der Waals surface area contributed by atoms with Crippen molar-refractivity contribution in [1.82, 2.24) is 0 Å². The van der Waals surface area contributed by atoms with Gasteiger partial charge in [-0.1, -0.05) is 96.1 Å². The summed E-state index contributed by atoms with van der Waals surface area (Å²) in [6.07, 6.45) is -1.79. The second kappa shape index (κ2) is 13.0. The number of aliphatic hydroxyl groups excluding tert-OH is 1. The van der Waals surface area contributed by atoms with E-state index in [9.17, 15) is 10.6 Å². The predicted molar refractivity (Wildman–Crippen MR) is 133 cm³/mol. The molecule has 5 atom stereocenters. The quantitative estimate of drug-likeness (QED) is 0.180. The molecule has 0 aromatic heterocycles. The average Bonchev–Trinajstić information content (AvgIpc) is 3.03. The lowest BCUT2D eigenvalue weighted by molar-refractivity contribution is -0.174. The fraction of sp³-hybridized carbons (Fsp3) is 0.357. The first-order valence-electron chi connectivity index (χ1n) is 11.9.